The summed E-state index contributed by atoms with van der Waals surface area (Å²) in [5.41, 5.74) is 2.83. The normalized spacial score (nSPS) is 13.2. The molecule has 3 aromatic heterocycles. The number of benzene rings is 2. The van der Waals surface area contributed by atoms with E-state index in [1.165, 1.54) is 27.4 Å². The molecule has 0 saturated carbocycles. The van der Waals surface area contributed by atoms with Crippen LogP contribution < -0.4 is 0 Å². The topological polar surface area (TPSA) is 60.9 Å². The van der Waals surface area contributed by atoms with Crippen molar-refractivity contribution in [3.8, 4) is 11.3 Å². The zero-order valence-electron chi connectivity index (χ0n) is 18.8. The number of aromatic nitrogens is 6. The van der Waals surface area contributed by atoms with Crippen LogP contribution >= 0.6 is 0 Å². The molecule has 0 radical (unpaired) electrons. The lowest BCUT2D eigenvalue weighted by atomic mass is 10.0. The van der Waals surface area contributed by atoms with Crippen LogP contribution in [-0.2, 0) is 7.05 Å². The van der Waals surface area contributed by atoms with Gasteiger partial charge in [0.25, 0.3) is 0 Å². The van der Waals surface area contributed by atoms with Gasteiger partial charge in [-0.3, -0.25) is 4.68 Å². The van der Waals surface area contributed by atoms with Crippen molar-refractivity contribution in [2.24, 2.45) is 7.05 Å². The molecule has 9 heteroatoms. The molecule has 2 aromatic carbocycles. The predicted octanol–water partition coefficient (Wildman–Crippen LogP) is 5.83. The minimum absolute atomic E-state index is 0.169. The predicted molar refractivity (Wildman–Crippen MR) is 124 cm³/mol. The maximum absolute atomic E-state index is 15.5. The van der Waals surface area contributed by atoms with E-state index in [-0.39, 0.29) is 17.2 Å². The zero-order valence-corrected chi connectivity index (χ0v) is 18.8. The van der Waals surface area contributed by atoms with Crippen LogP contribution in [0.3, 0.4) is 0 Å². The first-order valence-electron chi connectivity index (χ1n) is 10.8. The first kappa shape index (κ1) is 21.8. The highest BCUT2D eigenvalue weighted by Crippen LogP contribution is 2.31. The van der Waals surface area contributed by atoms with E-state index in [9.17, 15) is 8.78 Å². The summed E-state index contributed by atoms with van der Waals surface area (Å²) in [7, 11) is 1.71. The van der Waals surface area contributed by atoms with Crippen molar-refractivity contribution in [3.63, 3.8) is 0 Å². The van der Waals surface area contributed by atoms with Crippen LogP contribution in [0, 0.1) is 11.6 Å². The van der Waals surface area contributed by atoms with Gasteiger partial charge in [0.15, 0.2) is 17.6 Å². The summed E-state index contributed by atoms with van der Waals surface area (Å²) in [5, 5.41) is 17.1. The van der Waals surface area contributed by atoms with Crippen molar-refractivity contribution >= 4 is 22.1 Å². The van der Waals surface area contributed by atoms with E-state index in [1.54, 1.807) is 37.5 Å². The number of nitrogens with zero attached hydrogens (tertiary/aromatic N) is 6. The summed E-state index contributed by atoms with van der Waals surface area (Å²) in [4.78, 5) is 0. The summed E-state index contributed by atoms with van der Waals surface area (Å²) in [6.45, 7) is 3.85. The van der Waals surface area contributed by atoms with E-state index in [0.29, 0.717) is 33.4 Å². The standard InChI is InChI=1S/C25H21F3N6/c1-4-5-14(2)17-7-6-15(11-19(17)26)21-8-9-23-29-30-25(34(23)32-21)24(28)18-10-16-13-33(3)31-22(16)12-20(18)27/h5-13,24H,4H2,1-3H3/b14-5+. The van der Waals surface area contributed by atoms with Crippen LogP contribution in [0.4, 0.5) is 13.2 Å². The average Bonchev–Trinajstić information content (AvgIpc) is 3.39. The first-order valence-corrected chi connectivity index (χ1v) is 10.8. The Kier molecular flexibility index (Phi) is 5.39. The molecule has 0 bridgehead atoms. The molecule has 6 nitrogen and oxygen atoms in total. The number of hydrogen-bond donors (Lipinski definition) is 0. The third-order valence-corrected chi connectivity index (χ3v) is 5.72. The fraction of sp³-hybridized carbons (Fsp3) is 0.200. The molecular formula is C25H21F3N6. The molecule has 0 spiro atoms. The third-order valence-electron chi connectivity index (χ3n) is 5.72. The number of fused-ring (bicyclic) bond motifs is 2. The maximum atomic E-state index is 15.5. The van der Waals surface area contributed by atoms with Gasteiger partial charge in [-0.05, 0) is 43.2 Å². The first-order chi connectivity index (χ1) is 16.4. The SMILES string of the molecule is CC/C=C(\C)c1ccc(-c2ccc3nnc(C(F)c4cc5cn(C)nc5cc4F)n3n2)cc1F. The molecule has 1 unspecified atom stereocenters. The Morgan fingerprint density at radius 2 is 1.85 bits per heavy atom. The van der Waals surface area contributed by atoms with Crippen molar-refractivity contribution in [2.45, 2.75) is 26.4 Å². The highest BCUT2D eigenvalue weighted by molar-refractivity contribution is 5.79. The van der Waals surface area contributed by atoms with Gasteiger partial charge in [0.05, 0.1) is 11.2 Å². The van der Waals surface area contributed by atoms with E-state index < -0.39 is 12.0 Å². The summed E-state index contributed by atoms with van der Waals surface area (Å²) in [6.07, 6.45) is 2.53. The van der Waals surface area contributed by atoms with Gasteiger partial charge in [-0.2, -0.15) is 14.7 Å². The monoisotopic (exact) mass is 462 g/mol. The van der Waals surface area contributed by atoms with Gasteiger partial charge in [0.1, 0.15) is 11.6 Å². The van der Waals surface area contributed by atoms with Gasteiger partial charge in [0, 0.05) is 41.4 Å². The zero-order chi connectivity index (χ0) is 24.0. The number of alkyl halides is 1. The number of halogens is 3. The summed E-state index contributed by atoms with van der Waals surface area (Å²) < 4.78 is 47.8. The van der Waals surface area contributed by atoms with Gasteiger partial charge in [-0.25, -0.2) is 13.2 Å². The van der Waals surface area contributed by atoms with Crippen molar-refractivity contribution < 1.29 is 13.2 Å². The minimum Gasteiger partial charge on any atom is -0.275 e. The number of allylic oxidation sites excluding steroid dienone is 2. The van der Waals surface area contributed by atoms with E-state index in [4.69, 9.17) is 0 Å². The Labute approximate surface area is 193 Å². The molecule has 5 aromatic rings. The summed E-state index contributed by atoms with van der Waals surface area (Å²) in [6, 6.07) is 10.7. The van der Waals surface area contributed by atoms with Crippen molar-refractivity contribution in [1.29, 1.82) is 0 Å². The second-order valence-electron chi connectivity index (χ2n) is 8.13. The molecule has 0 aliphatic carbocycles. The lowest BCUT2D eigenvalue weighted by Crippen LogP contribution is -2.06. The van der Waals surface area contributed by atoms with Crippen LogP contribution in [0.25, 0.3) is 33.4 Å². The molecule has 0 fully saturated rings. The van der Waals surface area contributed by atoms with Crippen LogP contribution in [0.2, 0.25) is 0 Å². The summed E-state index contributed by atoms with van der Waals surface area (Å²) >= 11 is 0. The molecule has 34 heavy (non-hydrogen) atoms. The van der Waals surface area contributed by atoms with Crippen molar-refractivity contribution in [1.82, 2.24) is 29.6 Å². The fourth-order valence-electron chi connectivity index (χ4n) is 4.05. The van der Waals surface area contributed by atoms with Gasteiger partial charge >= 0.3 is 0 Å². The molecular weight excluding hydrogens is 441 g/mol. The Hall–Kier alpha value is -4.01. The van der Waals surface area contributed by atoms with Crippen molar-refractivity contribution in [2.75, 3.05) is 0 Å². The molecule has 0 N–H and O–H groups in total. The lowest BCUT2D eigenvalue weighted by Gasteiger charge is -2.10. The van der Waals surface area contributed by atoms with Crippen LogP contribution in [0.5, 0.6) is 0 Å². The van der Waals surface area contributed by atoms with E-state index in [1.807, 2.05) is 19.9 Å². The second-order valence-corrected chi connectivity index (χ2v) is 8.13. The van der Waals surface area contributed by atoms with Gasteiger partial charge in [-0.15, -0.1) is 10.2 Å². The van der Waals surface area contributed by atoms with E-state index >= 15 is 4.39 Å². The highest BCUT2D eigenvalue weighted by Gasteiger charge is 2.25. The molecule has 172 valence electrons. The molecule has 0 saturated heterocycles. The van der Waals surface area contributed by atoms with E-state index in [0.717, 1.165) is 12.0 Å². The van der Waals surface area contributed by atoms with Gasteiger partial charge < -0.3 is 0 Å². The number of rotatable bonds is 5. The van der Waals surface area contributed by atoms with Gasteiger partial charge in [-0.1, -0.05) is 25.1 Å². The molecule has 5 rings (SSSR count). The van der Waals surface area contributed by atoms with Crippen LogP contribution in [0.15, 0.2) is 54.7 Å². The largest absolute Gasteiger partial charge is 0.275 e. The minimum atomic E-state index is -1.91. The molecule has 3 heterocycles. The Morgan fingerprint density at radius 1 is 1.03 bits per heavy atom. The molecule has 0 aliphatic rings. The molecule has 0 amide bonds. The lowest BCUT2D eigenvalue weighted by molar-refractivity contribution is 0.365. The Morgan fingerprint density at radius 3 is 2.62 bits per heavy atom. The molecule has 1 atom stereocenters. The second kappa shape index (κ2) is 8.40. The molecule has 0 aliphatic heterocycles. The Balaban J connectivity index is 1.56. The average molecular weight is 462 g/mol. The van der Waals surface area contributed by atoms with Gasteiger partial charge in [0.2, 0.25) is 0 Å². The van der Waals surface area contributed by atoms with Crippen molar-refractivity contribution in [3.05, 3.63) is 83.3 Å². The highest BCUT2D eigenvalue weighted by atomic mass is 19.1. The quantitative estimate of drug-likeness (QED) is 0.330. The number of hydrogen-bond acceptors (Lipinski definition) is 4. The smallest absolute Gasteiger partial charge is 0.193 e. The third kappa shape index (κ3) is 3.72. The maximum Gasteiger partial charge on any atom is 0.193 e. The summed E-state index contributed by atoms with van der Waals surface area (Å²) in [5.74, 6) is -1.28. The Bertz CT molecular complexity index is 1570. The fourth-order valence-corrected chi connectivity index (χ4v) is 4.05. The van der Waals surface area contributed by atoms with Crippen LogP contribution in [-0.4, -0.2) is 29.6 Å². The van der Waals surface area contributed by atoms with Crippen LogP contribution in [0.1, 0.15) is 43.4 Å². The van der Waals surface area contributed by atoms with E-state index in [2.05, 4.69) is 20.4 Å². The number of aryl methyl sites for hydroxylation is 1.